The molecule has 1 N–H and O–H groups in total. The SMILES string of the molecule is CCOC1CC(NC(C)C(=O)N2CCCC2)C1OC. The van der Waals surface area contributed by atoms with Gasteiger partial charge in [0, 0.05) is 32.8 Å². The maximum atomic E-state index is 12.2. The molecule has 1 aliphatic heterocycles. The Balaban J connectivity index is 1.79. The van der Waals surface area contributed by atoms with Gasteiger partial charge in [0.05, 0.1) is 18.2 Å². The fraction of sp³-hybridized carbons (Fsp3) is 0.929. The van der Waals surface area contributed by atoms with Crippen molar-refractivity contribution < 1.29 is 14.3 Å². The summed E-state index contributed by atoms with van der Waals surface area (Å²) in [5.41, 5.74) is 0. The fourth-order valence-corrected chi connectivity index (χ4v) is 3.04. The first kappa shape index (κ1) is 14.8. The third-order valence-electron chi connectivity index (χ3n) is 4.15. The van der Waals surface area contributed by atoms with E-state index in [2.05, 4.69) is 5.32 Å². The summed E-state index contributed by atoms with van der Waals surface area (Å²) < 4.78 is 11.1. The predicted octanol–water partition coefficient (Wildman–Crippen LogP) is 0.779. The quantitative estimate of drug-likeness (QED) is 0.775. The number of carbonyl (C=O) groups is 1. The number of ether oxygens (including phenoxy) is 2. The molecule has 0 aromatic carbocycles. The number of amides is 1. The summed E-state index contributed by atoms with van der Waals surface area (Å²) in [6.45, 7) is 6.46. The van der Waals surface area contributed by atoms with Gasteiger partial charge in [0.15, 0.2) is 0 Å². The van der Waals surface area contributed by atoms with Crippen LogP contribution in [0, 0.1) is 0 Å². The van der Waals surface area contributed by atoms with Crippen molar-refractivity contribution in [2.75, 3.05) is 26.8 Å². The summed E-state index contributed by atoms with van der Waals surface area (Å²) in [7, 11) is 1.71. The van der Waals surface area contributed by atoms with E-state index in [9.17, 15) is 4.79 Å². The number of hydrogen-bond donors (Lipinski definition) is 1. The molecule has 5 heteroatoms. The smallest absolute Gasteiger partial charge is 0.239 e. The molecule has 1 saturated heterocycles. The van der Waals surface area contributed by atoms with E-state index in [1.165, 1.54) is 0 Å². The molecule has 0 spiro atoms. The van der Waals surface area contributed by atoms with Crippen LogP contribution in [0.2, 0.25) is 0 Å². The second kappa shape index (κ2) is 6.68. The minimum atomic E-state index is -0.136. The predicted molar refractivity (Wildman–Crippen MR) is 73.0 cm³/mol. The number of methoxy groups -OCH3 is 1. The van der Waals surface area contributed by atoms with Gasteiger partial charge in [-0.1, -0.05) is 0 Å². The largest absolute Gasteiger partial charge is 0.377 e. The lowest BCUT2D eigenvalue weighted by Crippen LogP contribution is -2.63. The zero-order valence-electron chi connectivity index (χ0n) is 12.2. The minimum Gasteiger partial charge on any atom is -0.377 e. The lowest BCUT2D eigenvalue weighted by molar-refractivity contribution is -0.142. The average Bonchev–Trinajstić information content (AvgIpc) is 2.90. The Bertz CT molecular complexity index is 305. The lowest BCUT2D eigenvalue weighted by Gasteiger charge is -2.44. The number of rotatable bonds is 6. The Morgan fingerprint density at radius 3 is 2.68 bits per heavy atom. The molecular formula is C14H26N2O3. The van der Waals surface area contributed by atoms with Crippen LogP contribution in [0.15, 0.2) is 0 Å². The number of hydrogen-bond acceptors (Lipinski definition) is 4. The van der Waals surface area contributed by atoms with Crippen LogP contribution >= 0.6 is 0 Å². The highest BCUT2D eigenvalue weighted by molar-refractivity contribution is 5.81. The van der Waals surface area contributed by atoms with Crippen LogP contribution in [-0.4, -0.2) is 61.9 Å². The first-order valence-electron chi connectivity index (χ1n) is 7.36. The Morgan fingerprint density at radius 2 is 2.11 bits per heavy atom. The van der Waals surface area contributed by atoms with Gasteiger partial charge in [-0.2, -0.15) is 0 Å². The van der Waals surface area contributed by atoms with Crippen molar-refractivity contribution >= 4 is 5.91 Å². The molecule has 5 nitrogen and oxygen atoms in total. The molecule has 110 valence electrons. The Hall–Kier alpha value is -0.650. The molecule has 0 bridgehead atoms. The maximum Gasteiger partial charge on any atom is 0.239 e. The lowest BCUT2D eigenvalue weighted by atomic mass is 9.84. The number of carbonyl (C=O) groups excluding carboxylic acids is 1. The molecule has 4 unspecified atom stereocenters. The van der Waals surface area contributed by atoms with E-state index in [0.29, 0.717) is 6.61 Å². The molecule has 2 rings (SSSR count). The van der Waals surface area contributed by atoms with E-state index in [1.807, 2.05) is 18.7 Å². The van der Waals surface area contributed by atoms with Gasteiger partial charge in [-0.3, -0.25) is 4.79 Å². The summed E-state index contributed by atoms with van der Waals surface area (Å²) in [5.74, 6) is 0.215. The van der Waals surface area contributed by atoms with Crippen LogP contribution in [0.1, 0.15) is 33.1 Å². The molecule has 0 radical (unpaired) electrons. The molecule has 2 aliphatic rings. The first-order chi connectivity index (χ1) is 9.17. The van der Waals surface area contributed by atoms with Gasteiger partial charge in [0.1, 0.15) is 0 Å². The highest BCUT2D eigenvalue weighted by Gasteiger charge is 2.43. The van der Waals surface area contributed by atoms with Crippen LogP contribution in [0.25, 0.3) is 0 Å². The molecule has 0 aromatic rings. The summed E-state index contributed by atoms with van der Waals surface area (Å²) >= 11 is 0. The van der Waals surface area contributed by atoms with E-state index in [-0.39, 0.29) is 30.2 Å². The molecular weight excluding hydrogens is 244 g/mol. The van der Waals surface area contributed by atoms with Crippen molar-refractivity contribution in [2.45, 2.75) is 57.4 Å². The van der Waals surface area contributed by atoms with Gasteiger partial charge in [0.2, 0.25) is 5.91 Å². The Labute approximate surface area is 115 Å². The van der Waals surface area contributed by atoms with Gasteiger partial charge in [-0.05, 0) is 33.1 Å². The van der Waals surface area contributed by atoms with Gasteiger partial charge in [-0.25, -0.2) is 0 Å². The van der Waals surface area contributed by atoms with E-state index in [0.717, 1.165) is 32.4 Å². The Kier molecular flexibility index (Phi) is 5.19. The molecule has 1 heterocycles. The summed E-state index contributed by atoms with van der Waals surface area (Å²) in [6.07, 6.45) is 3.42. The number of nitrogens with one attached hydrogen (secondary N) is 1. The zero-order chi connectivity index (χ0) is 13.8. The van der Waals surface area contributed by atoms with Gasteiger partial charge in [-0.15, -0.1) is 0 Å². The van der Waals surface area contributed by atoms with Crippen LogP contribution < -0.4 is 5.32 Å². The summed E-state index contributed by atoms with van der Waals surface area (Å²) in [6, 6.07) is 0.0893. The Morgan fingerprint density at radius 1 is 1.42 bits per heavy atom. The van der Waals surface area contributed by atoms with Gasteiger partial charge < -0.3 is 19.7 Å². The van der Waals surface area contributed by atoms with Crippen LogP contribution in [-0.2, 0) is 14.3 Å². The summed E-state index contributed by atoms with van der Waals surface area (Å²) in [4.78, 5) is 14.2. The van der Waals surface area contributed by atoms with E-state index in [1.54, 1.807) is 7.11 Å². The first-order valence-corrected chi connectivity index (χ1v) is 7.36. The van der Waals surface area contributed by atoms with E-state index in [4.69, 9.17) is 9.47 Å². The highest BCUT2D eigenvalue weighted by atomic mass is 16.5. The van der Waals surface area contributed by atoms with Gasteiger partial charge in [0.25, 0.3) is 0 Å². The van der Waals surface area contributed by atoms with Crippen molar-refractivity contribution in [2.24, 2.45) is 0 Å². The van der Waals surface area contributed by atoms with Crippen molar-refractivity contribution in [3.8, 4) is 0 Å². The van der Waals surface area contributed by atoms with Crippen LogP contribution in [0.3, 0.4) is 0 Å². The molecule has 0 aromatic heterocycles. The number of nitrogens with zero attached hydrogens (tertiary/aromatic N) is 1. The fourth-order valence-electron chi connectivity index (χ4n) is 3.04. The average molecular weight is 270 g/mol. The van der Waals surface area contributed by atoms with E-state index < -0.39 is 0 Å². The van der Waals surface area contributed by atoms with E-state index >= 15 is 0 Å². The van der Waals surface area contributed by atoms with Crippen molar-refractivity contribution in [3.05, 3.63) is 0 Å². The standard InChI is InChI=1S/C14H26N2O3/c1-4-19-12-9-11(13(12)18-3)15-10(2)14(17)16-7-5-6-8-16/h10-13,15H,4-9H2,1-3H3. The number of likely N-dealkylation sites (tertiary alicyclic amines) is 1. The van der Waals surface area contributed by atoms with Crippen molar-refractivity contribution in [1.82, 2.24) is 10.2 Å². The second-order valence-corrected chi connectivity index (χ2v) is 5.46. The molecule has 4 atom stereocenters. The molecule has 19 heavy (non-hydrogen) atoms. The zero-order valence-corrected chi connectivity index (χ0v) is 12.2. The topological polar surface area (TPSA) is 50.8 Å². The molecule has 1 saturated carbocycles. The van der Waals surface area contributed by atoms with Crippen LogP contribution in [0.5, 0.6) is 0 Å². The van der Waals surface area contributed by atoms with Crippen molar-refractivity contribution in [1.29, 1.82) is 0 Å². The highest BCUT2D eigenvalue weighted by Crippen LogP contribution is 2.27. The normalized spacial score (nSPS) is 32.2. The molecule has 1 amide bonds. The summed E-state index contributed by atoms with van der Waals surface area (Å²) in [5, 5.41) is 3.39. The third-order valence-corrected chi connectivity index (χ3v) is 4.15. The minimum absolute atomic E-state index is 0.0637. The molecule has 2 fully saturated rings. The maximum absolute atomic E-state index is 12.2. The third kappa shape index (κ3) is 3.27. The second-order valence-electron chi connectivity index (χ2n) is 5.46. The monoisotopic (exact) mass is 270 g/mol. The van der Waals surface area contributed by atoms with Crippen LogP contribution in [0.4, 0.5) is 0 Å². The van der Waals surface area contributed by atoms with Gasteiger partial charge >= 0.3 is 0 Å². The van der Waals surface area contributed by atoms with Crippen molar-refractivity contribution in [3.63, 3.8) is 0 Å². The molecule has 1 aliphatic carbocycles.